The van der Waals surface area contributed by atoms with Crippen molar-refractivity contribution in [2.45, 2.75) is 39.5 Å². The molecule has 0 saturated heterocycles. The van der Waals surface area contributed by atoms with Crippen LogP contribution in [0.2, 0.25) is 0 Å². The number of ether oxygens (including phenoxy) is 2. The molecule has 0 radical (unpaired) electrons. The molecular weight excluding hydrogens is 410 g/mol. The second-order valence-corrected chi connectivity index (χ2v) is 7.20. The Bertz CT molecular complexity index is 1040. The molecule has 2 aromatic carbocycles. The van der Waals surface area contributed by atoms with Gasteiger partial charge in [-0.25, -0.2) is 0 Å². The molecule has 0 saturated carbocycles. The number of methoxy groups -OCH3 is 1. The molecule has 8 heteroatoms. The Balaban J connectivity index is 2.13. The van der Waals surface area contributed by atoms with Crippen molar-refractivity contribution in [1.29, 1.82) is 5.26 Å². The number of rotatable bonds is 11. The van der Waals surface area contributed by atoms with Gasteiger partial charge in [0.1, 0.15) is 11.6 Å². The van der Waals surface area contributed by atoms with Crippen LogP contribution in [-0.2, 0) is 4.79 Å². The van der Waals surface area contributed by atoms with Gasteiger partial charge in [-0.3, -0.25) is 14.9 Å². The van der Waals surface area contributed by atoms with Crippen molar-refractivity contribution in [3.05, 3.63) is 63.2 Å². The molecule has 2 aromatic rings. The molecule has 0 fully saturated rings. The molecule has 1 N–H and O–H groups in total. The lowest BCUT2D eigenvalue weighted by Crippen LogP contribution is -2.14. The topological polar surface area (TPSA) is 114 Å². The van der Waals surface area contributed by atoms with Crippen molar-refractivity contribution >= 4 is 23.4 Å². The van der Waals surface area contributed by atoms with Gasteiger partial charge < -0.3 is 14.8 Å². The minimum atomic E-state index is -0.611. The summed E-state index contributed by atoms with van der Waals surface area (Å²) in [6, 6.07) is 11.2. The number of unbranched alkanes of at least 4 members (excludes halogenated alkanes) is 3. The molecule has 0 unspecified atom stereocenters. The van der Waals surface area contributed by atoms with E-state index in [1.807, 2.05) is 6.07 Å². The molecule has 0 aromatic heterocycles. The lowest BCUT2D eigenvalue weighted by atomic mass is 10.1. The summed E-state index contributed by atoms with van der Waals surface area (Å²) in [5, 5.41) is 23.0. The number of nitro benzene ring substituents is 1. The van der Waals surface area contributed by atoms with Gasteiger partial charge >= 0.3 is 0 Å². The van der Waals surface area contributed by atoms with Crippen LogP contribution in [0, 0.1) is 28.4 Å². The number of hydrogen-bond donors (Lipinski definition) is 1. The van der Waals surface area contributed by atoms with Crippen LogP contribution >= 0.6 is 0 Å². The molecule has 8 nitrogen and oxygen atoms in total. The zero-order valence-corrected chi connectivity index (χ0v) is 18.5. The Morgan fingerprint density at radius 3 is 2.59 bits per heavy atom. The lowest BCUT2D eigenvalue weighted by molar-refractivity contribution is -0.384. The van der Waals surface area contributed by atoms with Crippen molar-refractivity contribution in [1.82, 2.24) is 0 Å². The molecule has 0 heterocycles. The van der Waals surface area contributed by atoms with Gasteiger partial charge in [-0.15, -0.1) is 0 Å². The standard InChI is InChI=1S/C24H27N3O5/c1-4-5-6-7-12-32-22-11-8-18(15-23(22)31-3)14-19(16-25)24(28)26-21-10-9-20(27(29)30)13-17(21)2/h8-11,13-15H,4-7,12H2,1-3H3,(H,26,28)/b19-14+. The number of non-ortho nitro benzene ring substituents is 1. The second kappa shape index (κ2) is 12.1. The number of nitrogens with one attached hydrogen (secondary N) is 1. The number of hydrogen-bond acceptors (Lipinski definition) is 6. The molecular formula is C24H27N3O5. The average molecular weight is 437 g/mol. The molecule has 1 amide bonds. The van der Waals surface area contributed by atoms with E-state index >= 15 is 0 Å². The highest BCUT2D eigenvalue weighted by molar-refractivity contribution is 6.10. The minimum absolute atomic E-state index is 0.0729. The smallest absolute Gasteiger partial charge is 0.269 e. The number of nitro groups is 1. The zero-order chi connectivity index (χ0) is 23.5. The highest BCUT2D eigenvalue weighted by Crippen LogP contribution is 2.29. The molecule has 32 heavy (non-hydrogen) atoms. The van der Waals surface area contributed by atoms with Crippen molar-refractivity contribution < 1.29 is 19.2 Å². The van der Waals surface area contributed by atoms with E-state index in [1.165, 1.54) is 37.8 Å². The third-order valence-electron chi connectivity index (χ3n) is 4.79. The summed E-state index contributed by atoms with van der Waals surface area (Å²) in [6.45, 7) is 4.38. The SMILES string of the molecule is CCCCCCOc1ccc(/C=C(\C#N)C(=O)Nc2ccc([N+](=O)[O-])cc2C)cc1OC. The van der Waals surface area contributed by atoms with Crippen LogP contribution in [0.15, 0.2) is 42.0 Å². The van der Waals surface area contributed by atoms with Gasteiger partial charge in [0.05, 0.1) is 18.6 Å². The largest absolute Gasteiger partial charge is 0.493 e. The van der Waals surface area contributed by atoms with Crippen LogP contribution < -0.4 is 14.8 Å². The number of nitriles is 1. The van der Waals surface area contributed by atoms with Gasteiger partial charge in [0.25, 0.3) is 11.6 Å². The van der Waals surface area contributed by atoms with E-state index in [9.17, 15) is 20.2 Å². The summed E-state index contributed by atoms with van der Waals surface area (Å²) in [5.74, 6) is 0.503. The Morgan fingerprint density at radius 1 is 1.19 bits per heavy atom. The summed E-state index contributed by atoms with van der Waals surface area (Å²) in [4.78, 5) is 22.9. The Morgan fingerprint density at radius 2 is 1.97 bits per heavy atom. The van der Waals surface area contributed by atoms with E-state index in [0.717, 1.165) is 19.3 Å². The fourth-order valence-corrected chi connectivity index (χ4v) is 3.01. The van der Waals surface area contributed by atoms with Crippen LogP contribution in [0.5, 0.6) is 11.5 Å². The molecule has 0 spiro atoms. The first-order chi connectivity index (χ1) is 15.4. The number of carbonyl (C=O) groups excluding carboxylic acids is 1. The molecule has 0 atom stereocenters. The normalized spacial score (nSPS) is 10.9. The van der Waals surface area contributed by atoms with E-state index in [-0.39, 0.29) is 11.3 Å². The summed E-state index contributed by atoms with van der Waals surface area (Å²) in [6.07, 6.45) is 5.84. The highest BCUT2D eigenvalue weighted by atomic mass is 16.6. The first kappa shape index (κ1) is 24.4. The molecule has 0 aliphatic heterocycles. The number of nitrogens with zero attached hydrogens (tertiary/aromatic N) is 2. The third kappa shape index (κ3) is 6.84. The number of aryl methyl sites for hydroxylation is 1. The minimum Gasteiger partial charge on any atom is -0.493 e. The number of benzene rings is 2. The van der Waals surface area contributed by atoms with E-state index in [1.54, 1.807) is 25.1 Å². The summed E-state index contributed by atoms with van der Waals surface area (Å²) in [7, 11) is 1.53. The molecule has 0 aliphatic carbocycles. The Kier molecular flexibility index (Phi) is 9.23. The fraction of sp³-hybridized carbons (Fsp3) is 0.333. The van der Waals surface area contributed by atoms with Crippen molar-refractivity contribution in [3.63, 3.8) is 0 Å². The van der Waals surface area contributed by atoms with Crippen LogP contribution in [0.1, 0.15) is 43.7 Å². The number of anilines is 1. The van der Waals surface area contributed by atoms with Crippen molar-refractivity contribution in [3.8, 4) is 17.6 Å². The van der Waals surface area contributed by atoms with Gasteiger partial charge in [-0.05, 0) is 48.7 Å². The Labute approximate surface area is 187 Å². The highest BCUT2D eigenvalue weighted by Gasteiger charge is 2.14. The first-order valence-electron chi connectivity index (χ1n) is 10.4. The average Bonchev–Trinajstić information content (AvgIpc) is 2.78. The van der Waals surface area contributed by atoms with Crippen LogP contribution in [-0.4, -0.2) is 24.5 Å². The van der Waals surface area contributed by atoms with Crippen LogP contribution in [0.4, 0.5) is 11.4 Å². The Hall–Kier alpha value is -3.86. The molecule has 2 rings (SSSR count). The van der Waals surface area contributed by atoms with Crippen LogP contribution in [0.3, 0.4) is 0 Å². The lowest BCUT2D eigenvalue weighted by Gasteiger charge is -2.11. The van der Waals surface area contributed by atoms with Gasteiger partial charge in [0.15, 0.2) is 11.5 Å². The summed E-state index contributed by atoms with van der Waals surface area (Å²) in [5.41, 5.74) is 1.33. The van der Waals surface area contributed by atoms with Gasteiger partial charge in [-0.1, -0.05) is 32.3 Å². The van der Waals surface area contributed by atoms with Gasteiger partial charge in [0.2, 0.25) is 0 Å². The zero-order valence-electron chi connectivity index (χ0n) is 18.5. The van der Waals surface area contributed by atoms with Crippen molar-refractivity contribution in [2.24, 2.45) is 0 Å². The number of carbonyl (C=O) groups is 1. The molecule has 168 valence electrons. The van der Waals surface area contributed by atoms with Gasteiger partial charge in [0, 0.05) is 17.8 Å². The van der Waals surface area contributed by atoms with E-state index in [4.69, 9.17) is 9.47 Å². The summed E-state index contributed by atoms with van der Waals surface area (Å²) < 4.78 is 11.2. The van der Waals surface area contributed by atoms with Gasteiger partial charge in [-0.2, -0.15) is 5.26 Å². The third-order valence-corrected chi connectivity index (χ3v) is 4.79. The molecule has 0 bridgehead atoms. The van der Waals surface area contributed by atoms with Crippen molar-refractivity contribution in [2.75, 3.05) is 19.0 Å². The fourth-order valence-electron chi connectivity index (χ4n) is 3.01. The van der Waals surface area contributed by atoms with E-state index in [2.05, 4.69) is 12.2 Å². The maximum atomic E-state index is 12.6. The second-order valence-electron chi connectivity index (χ2n) is 7.20. The predicted octanol–water partition coefficient (Wildman–Crippen LogP) is 5.42. The quantitative estimate of drug-likeness (QED) is 0.165. The first-order valence-corrected chi connectivity index (χ1v) is 10.4. The maximum Gasteiger partial charge on any atom is 0.269 e. The monoisotopic (exact) mass is 437 g/mol. The predicted molar refractivity (Wildman–Crippen MR) is 123 cm³/mol. The van der Waals surface area contributed by atoms with E-state index in [0.29, 0.717) is 34.9 Å². The van der Waals surface area contributed by atoms with Crippen LogP contribution in [0.25, 0.3) is 6.08 Å². The maximum absolute atomic E-state index is 12.6. The summed E-state index contributed by atoms with van der Waals surface area (Å²) >= 11 is 0. The molecule has 0 aliphatic rings. The van der Waals surface area contributed by atoms with E-state index < -0.39 is 10.8 Å². The number of amides is 1.